The molecule has 0 radical (unpaired) electrons. The van der Waals surface area contributed by atoms with Gasteiger partial charge in [0.25, 0.3) is 5.91 Å². The molecule has 1 aliphatic heterocycles. The minimum atomic E-state index is -0.997. The largest absolute Gasteiger partial charge is 0.327 e. The van der Waals surface area contributed by atoms with Gasteiger partial charge < -0.3 is 9.80 Å². The molecule has 1 aliphatic rings. The van der Waals surface area contributed by atoms with Crippen LogP contribution in [-0.4, -0.2) is 53.5 Å². The second kappa shape index (κ2) is 9.45. The monoisotopic (exact) mass is 440 g/mol. The summed E-state index contributed by atoms with van der Waals surface area (Å²) in [7, 11) is 0. The molecule has 1 fully saturated rings. The van der Waals surface area contributed by atoms with Crippen molar-refractivity contribution >= 4 is 28.8 Å². The van der Waals surface area contributed by atoms with Crippen molar-refractivity contribution in [3.8, 4) is 0 Å². The van der Waals surface area contributed by atoms with Crippen molar-refractivity contribution in [2.45, 2.75) is 46.1 Å². The van der Waals surface area contributed by atoms with Gasteiger partial charge >= 0.3 is 0 Å². The molecule has 0 bridgehead atoms. The lowest BCUT2D eigenvalue weighted by Gasteiger charge is -2.30. The molecule has 1 amide bonds. The highest BCUT2D eigenvalue weighted by molar-refractivity contribution is 7.12. The minimum absolute atomic E-state index is 0.00548. The fraction of sp³-hybridized carbons (Fsp3) is 0.480. The van der Waals surface area contributed by atoms with Gasteiger partial charge in [0.15, 0.2) is 5.78 Å². The molecule has 1 aromatic carbocycles. The van der Waals surface area contributed by atoms with E-state index in [1.54, 1.807) is 17.0 Å². The number of amides is 1. The Hall–Kier alpha value is -2.31. The number of carbonyl (C=O) groups is 3. The van der Waals surface area contributed by atoms with E-state index in [9.17, 15) is 14.4 Å². The highest BCUT2D eigenvalue weighted by atomic mass is 32.1. The molecule has 31 heavy (non-hydrogen) atoms. The van der Waals surface area contributed by atoms with E-state index in [0.29, 0.717) is 18.0 Å². The molecule has 3 rings (SSSR count). The number of carbonyl (C=O) groups excluding carboxylic acids is 3. The number of hydrogen-bond acceptors (Lipinski definition) is 5. The summed E-state index contributed by atoms with van der Waals surface area (Å²) >= 11 is 1.31. The first-order chi connectivity index (χ1) is 14.7. The molecular formula is C25H32N2O3S. The lowest BCUT2D eigenvalue weighted by molar-refractivity contribution is -0.140. The van der Waals surface area contributed by atoms with E-state index in [2.05, 4.69) is 39.5 Å². The molecule has 5 nitrogen and oxygen atoms in total. The maximum atomic E-state index is 13.3. The van der Waals surface area contributed by atoms with Crippen LogP contribution in [0.3, 0.4) is 0 Å². The Morgan fingerprint density at radius 2 is 1.71 bits per heavy atom. The second-order valence-corrected chi connectivity index (χ2v) is 9.97. The van der Waals surface area contributed by atoms with Gasteiger partial charge in [0, 0.05) is 13.1 Å². The van der Waals surface area contributed by atoms with Crippen molar-refractivity contribution in [2.24, 2.45) is 5.92 Å². The van der Waals surface area contributed by atoms with Crippen molar-refractivity contribution in [2.75, 3.05) is 26.2 Å². The number of rotatable bonds is 8. The molecule has 0 N–H and O–H groups in total. The van der Waals surface area contributed by atoms with Crippen LogP contribution >= 0.6 is 11.3 Å². The zero-order chi connectivity index (χ0) is 22.8. The van der Waals surface area contributed by atoms with Crippen LogP contribution < -0.4 is 0 Å². The van der Waals surface area contributed by atoms with Crippen LogP contribution in [-0.2, 0) is 15.0 Å². The van der Waals surface area contributed by atoms with Crippen molar-refractivity contribution in [1.82, 2.24) is 9.80 Å². The average Bonchev–Trinajstić information content (AvgIpc) is 3.36. The fourth-order valence-electron chi connectivity index (χ4n) is 4.14. The van der Waals surface area contributed by atoms with E-state index >= 15 is 0 Å². The Kier molecular flexibility index (Phi) is 7.12. The summed E-state index contributed by atoms with van der Waals surface area (Å²) in [4.78, 5) is 43.6. The van der Waals surface area contributed by atoms with Crippen LogP contribution in [0.4, 0.5) is 0 Å². The van der Waals surface area contributed by atoms with E-state index in [0.717, 1.165) is 18.7 Å². The highest BCUT2D eigenvalue weighted by Gasteiger charge is 2.51. The van der Waals surface area contributed by atoms with Gasteiger partial charge in [-0.2, -0.15) is 0 Å². The van der Waals surface area contributed by atoms with Gasteiger partial charge in [0.2, 0.25) is 5.78 Å². The van der Waals surface area contributed by atoms with Crippen LogP contribution in [0, 0.1) is 5.92 Å². The predicted molar refractivity (Wildman–Crippen MR) is 125 cm³/mol. The van der Waals surface area contributed by atoms with Gasteiger partial charge in [-0.1, -0.05) is 65.0 Å². The van der Waals surface area contributed by atoms with Crippen molar-refractivity contribution in [3.05, 3.63) is 57.8 Å². The number of likely N-dealkylation sites (tertiary alicyclic amines) is 1. The molecule has 2 unspecified atom stereocenters. The number of hydrogen-bond donors (Lipinski definition) is 0. The van der Waals surface area contributed by atoms with Crippen LogP contribution in [0.25, 0.3) is 0 Å². The van der Waals surface area contributed by atoms with E-state index in [1.807, 2.05) is 29.6 Å². The maximum absolute atomic E-state index is 13.3. The number of likely N-dealkylation sites (N-methyl/N-ethyl adjacent to an activating group) is 1. The van der Waals surface area contributed by atoms with E-state index in [1.165, 1.54) is 16.9 Å². The lowest BCUT2D eigenvalue weighted by atomic mass is 9.84. The van der Waals surface area contributed by atoms with Gasteiger partial charge in [0.05, 0.1) is 10.9 Å². The fourth-order valence-corrected chi connectivity index (χ4v) is 4.85. The number of nitrogens with zero attached hydrogens (tertiary/aromatic N) is 2. The first-order valence-electron chi connectivity index (χ1n) is 10.9. The summed E-state index contributed by atoms with van der Waals surface area (Å²) in [5.74, 6) is -2.40. The van der Waals surface area contributed by atoms with Gasteiger partial charge in [0.1, 0.15) is 5.92 Å². The molecule has 2 aromatic rings. The molecule has 2 atom stereocenters. The van der Waals surface area contributed by atoms with Gasteiger partial charge in [-0.15, -0.1) is 11.3 Å². The third-order valence-corrected chi connectivity index (χ3v) is 7.01. The third-order valence-electron chi connectivity index (χ3n) is 6.12. The number of benzene rings is 1. The number of thiophene rings is 1. The Morgan fingerprint density at radius 1 is 1.06 bits per heavy atom. The summed E-state index contributed by atoms with van der Waals surface area (Å²) in [6.45, 7) is 13.4. The third kappa shape index (κ3) is 4.80. The average molecular weight is 441 g/mol. The lowest BCUT2D eigenvalue weighted by Crippen LogP contribution is -2.38. The SMILES string of the molecule is CCN(CC)CCN1C(=O)C(=O)C(C(=O)c2cccs2)C1c1ccc(C(C)(C)C)cc1. The van der Waals surface area contributed by atoms with Crippen LogP contribution in [0.5, 0.6) is 0 Å². The summed E-state index contributed by atoms with van der Waals surface area (Å²) in [6, 6.07) is 11.0. The molecule has 0 saturated carbocycles. The Bertz CT molecular complexity index is 925. The van der Waals surface area contributed by atoms with Gasteiger partial charge in [-0.3, -0.25) is 14.4 Å². The van der Waals surface area contributed by atoms with Crippen LogP contribution in [0.2, 0.25) is 0 Å². The topological polar surface area (TPSA) is 57.7 Å². The summed E-state index contributed by atoms with van der Waals surface area (Å²) in [5, 5.41) is 1.82. The number of ketones is 2. The Labute approximate surface area is 189 Å². The Morgan fingerprint density at radius 3 is 2.23 bits per heavy atom. The Balaban J connectivity index is 2.00. The molecule has 1 aromatic heterocycles. The summed E-state index contributed by atoms with van der Waals surface area (Å²) in [6.07, 6.45) is 0. The zero-order valence-electron chi connectivity index (χ0n) is 19.1. The van der Waals surface area contributed by atoms with Crippen molar-refractivity contribution < 1.29 is 14.4 Å². The molecule has 6 heteroatoms. The molecule has 166 valence electrons. The molecular weight excluding hydrogens is 408 g/mol. The predicted octanol–water partition coefficient (Wildman–Crippen LogP) is 4.34. The summed E-state index contributed by atoms with van der Waals surface area (Å²) in [5.41, 5.74) is 2.00. The summed E-state index contributed by atoms with van der Waals surface area (Å²) < 4.78 is 0. The normalized spacial score (nSPS) is 19.5. The van der Waals surface area contributed by atoms with Crippen LogP contribution in [0.1, 0.15) is 61.5 Å². The van der Waals surface area contributed by atoms with Crippen LogP contribution in [0.15, 0.2) is 41.8 Å². The number of Topliss-reactive ketones (excluding diaryl/α,β-unsaturated/α-hetero) is 2. The minimum Gasteiger partial charge on any atom is -0.327 e. The first kappa shape index (κ1) is 23.4. The van der Waals surface area contributed by atoms with Gasteiger partial charge in [-0.25, -0.2) is 0 Å². The quantitative estimate of drug-likeness (QED) is 0.348. The first-order valence-corrected chi connectivity index (χ1v) is 11.8. The highest BCUT2D eigenvalue weighted by Crippen LogP contribution is 2.39. The second-order valence-electron chi connectivity index (χ2n) is 9.03. The molecule has 0 spiro atoms. The van der Waals surface area contributed by atoms with Crippen molar-refractivity contribution in [1.29, 1.82) is 0 Å². The maximum Gasteiger partial charge on any atom is 0.291 e. The molecule has 1 saturated heterocycles. The smallest absolute Gasteiger partial charge is 0.291 e. The van der Waals surface area contributed by atoms with Crippen molar-refractivity contribution in [3.63, 3.8) is 0 Å². The van der Waals surface area contributed by atoms with E-state index < -0.39 is 23.7 Å². The van der Waals surface area contributed by atoms with E-state index in [-0.39, 0.29) is 11.2 Å². The standard InChI is InChI=1S/C25H32N2O3S/c1-6-26(7-2)14-15-27-21(17-10-12-18(13-11-17)25(3,4)5)20(23(29)24(27)30)22(28)19-9-8-16-31-19/h8-13,16,20-21H,6-7,14-15H2,1-5H3. The molecule has 0 aliphatic carbocycles. The molecule has 2 heterocycles. The van der Waals surface area contributed by atoms with Gasteiger partial charge in [-0.05, 0) is 41.1 Å². The zero-order valence-corrected chi connectivity index (χ0v) is 19.9. The van der Waals surface area contributed by atoms with E-state index in [4.69, 9.17) is 0 Å².